The molecule has 1 saturated heterocycles. The molecule has 1 atom stereocenters. The number of piperidine rings is 1. The maximum Gasteiger partial charge on any atom is 0.274 e. The molecule has 0 unspecified atom stereocenters. The molecule has 0 spiro atoms. The number of nitrogens with one attached hydrogen (secondary N) is 1. The molecule has 1 N–H and O–H groups in total. The van der Waals surface area contributed by atoms with Gasteiger partial charge in [-0.3, -0.25) is 14.8 Å². The van der Waals surface area contributed by atoms with Gasteiger partial charge >= 0.3 is 0 Å². The monoisotopic (exact) mass is 375 g/mol. The molecule has 1 fully saturated rings. The van der Waals surface area contributed by atoms with Crippen molar-refractivity contribution in [2.24, 2.45) is 0 Å². The van der Waals surface area contributed by atoms with Crippen molar-refractivity contribution < 1.29 is 4.79 Å². The Labute approximate surface area is 163 Å². The van der Waals surface area contributed by atoms with Crippen molar-refractivity contribution in [3.05, 3.63) is 60.6 Å². The minimum absolute atomic E-state index is 0.0896. The molecule has 1 amide bonds. The van der Waals surface area contributed by atoms with E-state index < -0.39 is 0 Å². The molecule has 0 radical (unpaired) electrons. The van der Waals surface area contributed by atoms with Crippen LogP contribution in [0, 0.1) is 0 Å². The first kappa shape index (κ1) is 18.0. The number of hydrogen-bond acceptors (Lipinski definition) is 7. The van der Waals surface area contributed by atoms with Gasteiger partial charge in [0.25, 0.3) is 5.91 Å². The Bertz CT molecular complexity index is 949. The van der Waals surface area contributed by atoms with Crippen LogP contribution in [0.1, 0.15) is 34.9 Å². The van der Waals surface area contributed by atoms with E-state index in [4.69, 9.17) is 4.98 Å². The molecule has 8 nitrogen and oxygen atoms in total. The van der Waals surface area contributed by atoms with Gasteiger partial charge in [-0.2, -0.15) is 0 Å². The average molecular weight is 375 g/mol. The van der Waals surface area contributed by atoms with Gasteiger partial charge in [-0.15, -0.1) is 0 Å². The predicted molar refractivity (Wildman–Crippen MR) is 105 cm³/mol. The van der Waals surface area contributed by atoms with Gasteiger partial charge < -0.3 is 10.2 Å². The number of carbonyl (C=O) groups excluding carboxylic acids is 1. The smallest absolute Gasteiger partial charge is 0.274 e. The first-order valence-corrected chi connectivity index (χ1v) is 9.27. The van der Waals surface area contributed by atoms with Gasteiger partial charge in [0.15, 0.2) is 5.82 Å². The lowest BCUT2D eigenvalue weighted by Gasteiger charge is -2.32. The summed E-state index contributed by atoms with van der Waals surface area (Å²) in [4.78, 5) is 36.2. The Kier molecular flexibility index (Phi) is 5.18. The van der Waals surface area contributed by atoms with Gasteiger partial charge in [-0.25, -0.2) is 15.0 Å². The molecule has 3 aromatic rings. The van der Waals surface area contributed by atoms with E-state index in [0.717, 1.165) is 29.9 Å². The molecule has 0 bridgehead atoms. The summed E-state index contributed by atoms with van der Waals surface area (Å²) in [6, 6.07) is 5.77. The molecule has 28 heavy (non-hydrogen) atoms. The number of rotatable bonds is 4. The van der Waals surface area contributed by atoms with Gasteiger partial charge in [0.1, 0.15) is 11.5 Å². The van der Waals surface area contributed by atoms with Crippen LogP contribution in [0.25, 0.3) is 11.4 Å². The van der Waals surface area contributed by atoms with Crippen molar-refractivity contribution in [2.45, 2.75) is 18.8 Å². The van der Waals surface area contributed by atoms with Crippen molar-refractivity contribution in [1.82, 2.24) is 29.8 Å². The third-order valence-corrected chi connectivity index (χ3v) is 4.83. The molecule has 0 saturated carbocycles. The van der Waals surface area contributed by atoms with E-state index in [-0.39, 0.29) is 11.8 Å². The highest BCUT2D eigenvalue weighted by atomic mass is 16.2. The van der Waals surface area contributed by atoms with Crippen LogP contribution in [0.5, 0.6) is 0 Å². The molecular weight excluding hydrogens is 354 g/mol. The van der Waals surface area contributed by atoms with E-state index in [1.807, 2.05) is 30.1 Å². The van der Waals surface area contributed by atoms with E-state index >= 15 is 0 Å². The summed E-state index contributed by atoms with van der Waals surface area (Å²) in [5, 5.41) is 3.11. The molecule has 4 heterocycles. The van der Waals surface area contributed by atoms with Gasteiger partial charge in [-0.05, 0) is 25.0 Å². The fourth-order valence-electron chi connectivity index (χ4n) is 3.40. The quantitative estimate of drug-likeness (QED) is 0.748. The van der Waals surface area contributed by atoms with Crippen LogP contribution >= 0.6 is 0 Å². The van der Waals surface area contributed by atoms with Gasteiger partial charge in [-0.1, -0.05) is 0 Å². The minimum Gasteiger partial charge on any atom is -0.373 e. The zero-order valence-electron chi connectivity index (χ0n) is 15.6. The van der Waals surface area contributed by atoms with Crippen LogP contribution in [0.15, 0.2) is 49.2 Å². The summed E-state index contributed by atoms with van der Waals surface area (Å²) in [6.07, 6.45) is 9.98. The fourth-order valence-corrected chi connectivity index (χ4v) is 3.40. The second-order valence-electron chi connectivity index (χ2n) is 6.67. The summed E-state index contributed by atoms with van der Waals surface area (Å²) in [6.45, 7) is 1.31. The predicted octanol–water partition coefficient (Wildman–Crippen LogP) is 2.39. The van der Waals surface area contributed by atoms with Crippen LogP contribution < -0.4 is 5.32 Å². The zero-order valence-corrected chi connectivity index (χ0v) is 15.6. The standard InChI is InChI=1S/C20H21N7O/c1-21-18-10-16(25-19(26-18)14-4-2-6-22-11-14)15-5-3-9-27(13-15)20(28)17-12-23-7-8-24-17/h2,4,6-8,10-12,15H,3,5,9,13H2,1H3,(H,21,25,26)/t15-/m0/s1. The lowest BCUT2D eigenvalue weighted by atomic mass is 9.94. The van der Waals surface area contributed by atoms with Gasteiger partial charge in [0.05, 0.1) is 11.9 Å². The van der Waals surface area contributed by atoms with Crippen LogP contribution in [-0.4, -0.2) is 55.9 Å². The molecule has 1 aliphatic rings. The molecular formula is C20H21N7O. The van der Waals surface area contributed by atoms with Crippen molar-refractivity contribution in [3.8, 4) is 11.4 Å². The van der Waals surface area contributed by atoms with Crippen molar-refractivity contribution in [2.75, 3.05) is 25.5 Å². The highest BCUT2D eigenvalue weighted by Gasteiger charge is 2.27. The summed E-state index contributed by atoms with van der Waals surface area (Å²) in [5.74, 6) is 1.43. The largest absolute Gasteiger partial charge is 0.373 e. The summed E-state index contributed by atoms with van der Waals surface area (Å²) < 4.78 is 0. The third-order valence-electron chi connectivity index (χ3n) is 4.83. The van der Waals surface area contributed by atoms with Crippen molar-refractivity contribution in [3.63, 3.8) is 0 Å². The molecule has 3 aromatic heterocycles. The number of anilines is 1. The van der Waals surface area contributed by atoms with Crippen LogP contribution in [-0.2, 0) is 0 Å². The van der Waals surface area contributed by atoms with Crippen LogP contribution in [0.2, 0.25) is 0 Å². The Hall–Kier alpha value is -3.42. The lowest BCUT2D eigenvalue weighted by Crippen LogP contribution is -2.39. The minimum atomic E-state index is -0.0896. The van der Waals surface area contributed by atoms with Crippen molar-refractivity contribution >= 4 is 11.7 Å². The Morgan fingerprint density at radius 2 is 2.07 bits per heavy atom. The second kappa shape index (κ2) is 8.08. The normalized spacial score (nSPS) is 16.6. The average Bonchev–Trinajstić information content (AvgIpc) is 2.79. The highest BCUT2D eigenvalue weighted by Crippen LogP contribution is 2.29. The second-order valence-corrected chi connectivity index (χ2v) is 6.67. The number of amides is 1. The Balaban J connectivity index is 1.60. The van der Waals surface area contributed by atoms with Crippen LogP contribution in [0.4, 0.5) is 5.82 Å². The first-order valence-electron chi connectivity index (χ1n) is 9.27. The van der Waals surface area contributed by atoms with Gasteiger partial charge in [0, 0.05) is 62.5 Å². The van der Waals surface area contributed by atoms with E-state index in [0.29, 0.717) is 24.6 Å². The molecule has 1 aliphatic heterocycles. The van der Waals surface area contributed by atoms with E-state index in [2.05, 4.69) is 25.3 Å². The van der Waals surface area contributed by atoms with E-state index in [9.17, 15) is 4.79 Å². The number of carbonyl (C=O) groups is 1. The third kappa shape index (κ3) is 3.80. The number of nitrogens with zero attached hydrogens (tertiary/aromatic N) is 6. The first-order chi connectivity index (χ1) is 13.7. The summed E-state index contributed by atoms with van der Waals surface area (Å²) in [5.41, 5.74) is 2.16. The molecule has 142 valence electrons. The molecule has 0 aromatic carbocycles. The molecule has 8 heteroatoms. The number of hydrogen-bond donors (Lipinski definition) is 1. The summed E-state index contributed by atoms with van der Waals surface area (Å²) in [7, 11) is 1.84. The number of pyridine rings is 1. The zero-order chi connectivity index (χ0) is 19.3. The fraction of sp³-hybridized carbons (Fsp3) is 0.300. The maximum atomic E-state index is 12.8. The molecule has 0 aliphatic carbocycles. The lowest BCUT2D eigenvalue weighted by molar-refractivity contribution is 0.0699. The topological polar surface area (TPSA) is 96.8 Å². The SMILES string of the molecule is CNc1cc([C@H]2CCCN(C(=O)c3cnccn3)C2)nc(-c2cccnc2)n1. The maximum absolute atomic E-state index is 12.8. The molecule has 4 rings (SSSR count). The van der Waals surface area contributed by atoms with Crippen molar-refractivity contribution in [1.29, 1.82) is 0 Å². The number of likely N-dealkylation sites (tertiary alicyclic amines) is 1. The summed E-state index contributed by atoms with van der Waals surface area (Å²) >= 11 is 0. The Morgan fingerprint density at radius 1 is 1.18 bits per heavy atom. The van der Waals surface area contributed by atoms with Gasteiger partial charge in [0.2, 0.25) is 0 Å². The van der Waals surface area contributed by atoms with Crippen LogP contribution in [0.3, 0.4) is 0 Å². The van der Waals surface area contributed by atoms with E-state index in [1.165, 1.54) is 6.20 Å². The van der Waals surface area contributed by atoms with E-state index in [1.54, 1.807) is 24.8 Å². The number of aromatic nitrogens is 5. The Morgan fingerprint density at radius 3 is 2.82 bits per heavy atom. The highest BCUT2D eigenvalue weighted by molar-refractivity contribution is 5.92.